The zero-order valence-corrected chi connectivity index (χ0v) is 16.1. The molecule has 0 unspecified atom stereocenters. The summed E-state index contributed by atoms with van der Waals surface area (Å²) in [6, 6.07) is 11.4. The highest BCUT2D eigenvalue weighted by molar-refractivity contribution is 7.99. The number of pyridine rings is 1. The molecular weight excluding hydrogens is 360 g/mol. The first-order valence-electron chi connectivity index (χ1n) is 9.13. The number of aromatic nitrogens is 1. The molecule has 0 atom stereocenters. The fourth-order valence-corrected chi connectivity index (χ4v) is 4.42. The predicted octanol–water partition coefficient (Wildman–Crippen LogP) is 2.36. The molecule has 2 aliphatic heterocycles. The van der Waals surface area contributed by atoms with E-state index in [0.29, 0.717) is 23.6 Å². The summed E-state index contributed by atoms with van der Waals surface area (Å²) in [7, 11) is 2.07. The zero-order chi connectivity index (χ0) is 18.8. The second-order valence-electron chi connectivity index (χ2n) is 6.82. The lowest BCUT2D eigenvalue weighted by Gasteiger charge is -2.33. The van der Waals surface area contributed by atoms with Gasteiger partial charge in [-0.1, -0.05) is 23.9 Å². The van der Waals surface area contributed by atoms with Crippen molar-refractivity contribution in [3.05, 3.63) is 48.2 Å². The van der Waals surface area contributed by atoms with Crippen molar-refractivity contribution < 1.29 is 9.59 Å². The van der Waals surface area contributed by atoms with Crippen LogP contribution in [0.4, 0.5) is 5.69 Å². The van der Waals surface area contributed by atoms with Crippen LogP contribution in [-0.4, -0.2) is 66.4 Å². The Morgan fingerprint density at radius 1 is 1.11 bits per heavy atom. The highest BCUT2D eigenvalue weighted by Gasteiger charge is 2.29. The minimum absolute atomic E-state index is 0.0956. The van der Waals surface area contributed by atoms with Crippen LogP contribution in [0.1, 0.15) is 16.8 Å². The number of hydrogen-bond donors (Lipinski definition) is 0. The number of rotatable bonds is 3. The summed E-state index contributed by atoms with van der Waals surface area (Å²) in [4.78, 5) is 37.0. The van der Waals surface area contributed by atoms with Gasteiger partial charge >= 0.3 is 0 Å². The number of likely N-dealkylation sites (N-methyl/N-ethyl adjacent to an activating group) is 1. The molecule has 0 aliphatic carbocycles. The van der Waals surface area contributed by atoms with E-state index in [1.165, 1.54) is 11.8 Å². The van der Waals surface area contributed by atoms with E-state index in [1.54, 1.807) is 23.2 Å². The monoisotopic (exact) mass is 382 g/mol. The second kappa shape index (κ2) is 7.70. The Morgan fingerprint density at radius 2 is 1.89 bits per heavy atom. The lowest BCUT2D eigenvalue weighted by atomic mass is 10.2. The molecule has 4 rings (SSSR count). The molecular formula is C20H22N4O2S. The largest absolute Gasteiger partial charge is 0.340 e. The summed E-state index contributed by atoms with van der Waals surface area (Å²) in [6.45, 7) is 3.67. The molecule has 1 aromatic heterocycles. The summed E-state index contributed by atoms with van der Waals surface area (Å²) in [5.41, 5.74) is 1.43. The molecule has 27 heavy (non-hydrogen) atoms. The Hall–Kier alpha value is -2.38. The number of amides is 2. The number of piperazine rings is 1. The highest BCUT2D eigenvalue weighted by Crippen LogP contribution is 2.40. The van der Waals surface area contributed by atoms with Crippen molar-refractivity contribution in [2.24, 2.45) is 0 Å². The average Bonchev–Trinajstić information content (AvgIpc) is 2.81. The van der Waals surface area contributed by atoms with E-state index < -0.39 is 0 Å². The number of hydrogen-bond acceptors (Lipinski definition) is 5. The van der Waals surface area contributed by atoms with Gasteiger partial charge < -0.3 is 14.7 Å². The van der Waals surface area contributed by atoms with E-state index in [0.717, 1.165) is 36.8 Å². The van der Waals surface area contributed by atoms with E-state index in [9.17, 15) is 9.59 Å². The molecule has 0 bridgehead atoms. The number of anilines is 1. The molecule has 3 heterocycles. The van der Waals surface area contributed by atoms with Crippen molar-refractivity contribution in [2.45, 2.75) is 16.3 Å². The molecule has 2 aromatic rings. The van der Waals surface area contributed by atoms with Crippen LogP contribution in [0, 0.1) is 0 Å². The van der Waals surface area contributed by atoms with Crippen molar-refractivity contribution in [1.82, 2.24) is 14.8 Å². The molecule has 0 N–H and O–H groups in total. The molecule has 0 saturated carbocycles. The van der Waals surface area contributed by atoms with Crippen LogP contribution in [0.3, 0.4) is 0 Å². The predicted molar refractivity (Wildman–Crippen MR) is 105 cm³/mol. The number of carbonyl (C=O) groups is 2. The number of fused-ring (bicyclic) bond motifs is 2. The zero-order valence-electron chi connectivity index (χ0n) is 15.3. The molecule has 2 amide bonds. The minimum Gasteiger partial charge on any atom is -0.340 e. The Balaban J connectivity index is 1.56. The van der Waals surface area contributed by atoms with Gasteiger partial charge in [-0.3, -0.25) is 9.59 Å². The van der Waals surface area contributed by atoms with Crippen molar-refractivity contribution in [3.8, 4) is 0 Å². The standard InChI is InChI=1S/C20H22N4O2S/c1-22-11-13-23(14-12-22)18(25)8-10-24-16-6-2-3-7-17(16)27-19-15(20(24)26)5-4-9-21-19/h2-7,9H,8,10-14H2,1H3. The number of nitrogens with zero attached hydrogens (tertiary/aromatic N) is 4. The van der Waals surface area contributed by atoms with Crippen molar-refractivity contribution >= 4 is 29.3 Å². The van der Waals surface area contributed by atoms with Gasteiger partial charge in [0.15, 0.2) is 0 Å². The van der Waals surface area contributed by atoms with Crippen LogP contribution in [0.5, 0.6) is 0 Å². The Kier molecular flexibility index (Phi) is 5.13. The van der Waals surface area contributed by atoms with E-state index in [2.05, 4.69) is 16.9 Å². The van der Waals surface area contributed by atoms with E-state index in [4.69, 9.17) is 0 Å². The maximum atomic E-state index is 13.2. The first kappa shape index (κ1) is 18.0. The van der Waals surface area contributed by atoms with Gasteiger partial charge in [0.1, 0.15) is 5.03 Å². The van der Waals surface area contributed by atoms with E-state index >= 15 is 0 Å². The second-order valence-corrected chi connectivity index (χ2v) is 7.85. The maximum absolute atomic E-state index is 13.2. The topological polar surface area (TPSA) is 56.8 Å². The molecule has 1 aromatic carbocycles. The summed E-state index contributed by atoms with van der Waals surface area (Å²) in [6.07, 6.45) is 2.03. The first-order valence-corrected chi connectivity index (χ1v) is 9.95. The summed E-state index contributed by atoms with van der Waals surface area (Å²) >= 11 is 1.50. The highest BCUT2D eigenvalue weighted by atomic mass is 32.2. The van der Waals surface area contributed by atoms with Gasteiger partial charge in [0.25, 0.3) is 5.91 Å². The number of para-hydroxylation sites is 1. The van der Waals surface area contributed by atoms with Crippen LogP contribution in [0.25, 0.3) is 0 Å². The third kappa shape index (κ3) is 3.70. The maximum Gasteiger partial charge on any atom is 0.261 e. The quantitative estimate of drug-likeness (QED) is 0.816. The molecule has 2 aliphatic rings. The van der Waals surface area contributed by atoms with Gasteiger partial charge in [-0.2, -0.15) is 0 Å². The number of benzene rings is 1. The summed E-state index contributed by atoms with van der Waals surface area (Å²) in [5, 5.41) is 0.711. The van der Waals surface area contributed by atoms with Crippen molar-refractivity contribution in [3.63, 3.8) is 0 Å². The van der Waals surface area contributed by atoms with Crippen LogP contribution in [0.2, 0.25) is 0 Å². The van der Waals surface area contributed by atoms with E-state index in [1.807, 2.05) is 29.2 Å². The third-order valence-electron chi connectivity index (χ3n) is 5.01. The van der Waals surface area contributed by atoms with Crippen LogP contribution in [-0.2, 0) is 4.79 Å². The van der Waals surface area contributed by atoms with E-state index in [-0.39, 0.29) is 11.8 Å². The third-order valence-corrected chi connectivity index (χ3v) is 6.10. The Labute approximate surface area is 163 Å². The molecule has 0 spiro atoms. The Bertz CT molecular complexity index is 865. The van der Waals surface area contributed by atoms with Gasteiger partial charge in [0, 0.05) is 50.2 Å². The van der Waals surface area contributed by atoms with Gasteiger partial charge in [-0.05, 0) is 31.3 Å². The molecule has 7 heteroatoms. The SMILES string of the molecule is CN1CCN(C(=O)CCN2C(=O)c3cccnc3Sc3ccccc32)CC1. The fourth-order valence-electron chi connectivity index (χ4n) is 3.40. The van der Waals surface area contributed by atoms with Crippen LogP contribution in [0.15, 0.2) is 52.5 Å². The van der Waals surface area contributed by atoms with Gasteiger partial charge in [-0.15, -0.1) is 0 Å². The normalized spacial score (nSPS) is 17.3. The fraction of sp³-hybridized carbons (Fsp3) is 0.350. The molecule has 1 saturated heterocycles. The van der Waals surface area contributed by atoms with Crippen molar-refractivity contribution in [2.75, 3.05) is 44.7 Å². The van der Waals surface area contributed by atoms with Gasteiger partial charge in [0.05, 0.1) is 11.3 Å². The van der Waals surface area contributed by atoms with Crippen LogP contribution < -0.4 is 4.90 Å². The first-order chi connectivity index (χ1) is 13.1. The summed E-state index contributed by atoms with van der Waals surface area (Å²) < 4.78 is 0. The minimum atomic E-state index is -0.0956. The average molecular weight is 382 g/mol. The van der Waals surface area contributed by atoms with Gasteiger partial charge in [-0.25, -0.2) is 4.98 Å². The van der Waals surface area contributed by atoms with Gasteiger partial charge in [0.2, 0.25) is 5.91 Å². The molecule has 0 radical (unpaired) electrons. The molecule has 6 nitrogen and oxygen atoms in total. The van der Waals surface area contributed by atoms with Crippen molar-refractivity contribution in [1.29, 1.82) is 0 Å². The summed E-state index contributed by atoms with van der Waals surface area (Å²) in [5.74, 6) is 0.0124. The Morgan fingerprint density at radius 3 is 2.70 bits per heavy atom. The lowest BCUT2D eigenvalue weighted by Crippen LogP contribution is -2.48. The lowest BCUT2D eigenvalue weighted by molar-refractivity contribution is -0.132. The molecule has 140 valence electrons. The smallest absolute Gasteiger partial charge is 0.261 e. The number of carbonyl (C=O) groups excluding carboxylic acids is 2. The van der Waals surface area contributed by atoms with Crippen LogP contribution >= 0.6 is 11.8 Å². The molecule has 1 fully saturated rings.